The Morgan fingerprint density at radius 2 is 1.54 bits per heavy atom. The van der Waals surface area contributed by atoms with E-state index in [9.17, 15) is 9.90 Å². The van der Waals surface area contributed by atoms with E-state index in [1.165, 1.54) is 14.2 Å². The van der Waals surface area contributed by atoms with Crippen molar-refractivity contribution in [3.63, 3.8) is 0 Å². The van der Waals surface area contributed by atoms with Gasteiger partial charge in [0.2, 0.25) is 11.8 Å². The number of ether oxygens (including phenoxy) is 4. The zero-order valence-corrected chi connectivity index (χ0v) is 39.8. The molecule has 6 atom stereocenters. The number of pyridine rings is 1. The summed E-state index contributed by atoms with van der Waals surface area (Å²) in [6.45, 7) is 8.67. The molecule has 68 heavy (non-hydrogen) atoms. The second-order valence-corrected chi connectivity index (χ2v) is 19.9. The molecule has 3 saturated heterocycles. The number of carbonyl (C=O) groups is 1. The molecule has 4 aliphatic rings. The van der Waals surface area contributed by atoms with Crippen molar-refractivity contribution >= 4 is 46.2 Å². The van der Waals surface area contributed by atoms with Crippen molar-refractivity contribution in [3.05, 3.63) is 88.5 Å². The summed E-state index contributed by atoms with van der Waals surface area (Å²) in [4.78, 5) is 35.2. The van der Waals surface area contributed by atoms with Crippen molar-refractivity contribution in [1.82, 2.24) is 19.9 Å². The number of aromatic nitrogens is 3. The number of fused-ring (bicyclic) bond motifs is 5. The molecule has 0 aliphatic carbocycles. The number of aliphatic hydroxyl groups excluding tert-OH is 1. The van der Waals surface area contributed by atoms with Crippen LogP contribution >= 0.6 is 11.8 Å². The lowest BCUT2D eigenvalue weighted by Gasteiger charge is -2.49. The van der Waals surface area contributed by atoms with Crippen LogP contribution in [0.15, 0.2) is 54.6 Å². The number of alkyl halides is 3. The first-order valence-corrected chi connectivity index (χ1v) is 23.8. The molecule has 19 heteroatoms. The molecule has 4 aliphatic heterocycles. The average Bonchev–Trinajstić information content (AvgIpc) is 3.53. The molecule has 1 amide bonds. The maximum absolute atomic E-state index is 18.0. The highest BCUT2D eigenvalue weighted by Gasteiger charge is 2.54. The maximum Gasteiger partial charge on any atom is 0.417 e. The number of amides is 1. The molecule has 0 saturated carbocycles. The first kappa shape index (κ1) is 47.3. The monoisotopic (exact) mass is 963 g/mol. The quantitative estimate of drug-likeness (QED) is 0.127. The summed E-state index contributed by atoms with van der Waals surface area (Å²) in [5.74, 6) is -1.09. The fraction of sp³-hybridized carbons (Fsp3) is 0.469. The number of nitrogens with zero attached hydrogens (tertiary/aromatic N) is 7. The lowest BCUT2D eigenvalue weighted by atomic mass is 9.95. The standard InChI is InChI=1S/C49H54F5N7O6S/c1-25-38(49(52,53)54)32(19-34(39(25)50)58(20-27-9-14-30(64-6)15-10-27)21-28-11-16-31(65-7)17-12-28)41-40(51)42-37-44(57-46(56-42)59-23-36(68-8)35(59)24-62)60-22-29-13-18-33(43(60)26(2)66-45(37)55-41)61(29)47(63)67-48(3,4)5/h9-12,14-17,19,26,29,33,35-36,43,62H,13,18,20-24H2,1-8H3/t26-,29+,33-,35+,36+,43+/m0/s1. The van der Waals surface area contributed by atoms with E-state index in [1.54, 1.807) is 103 Å². The van der Waals surface area contributed by atoms with Gasteiger partial charge < -0.3 is 38.8 Å². The number of methoxy groups -OCH3 is 2. The van der Waals surface area contributed by atoms with Gasteiger partial charge in [-0.2, -0.15) is 29.9 Å². The minimum absolute atomic E-state index is 0.00453. The molecule has 362 valence electrons. The van der Waals surface area contributed by atoms with Gasteiger partial charge in [-0.15, -0.1) is 0 Å². The molecular weight excluding hydrogens is 910 g/mol. The smallest absolute Gasteiger partial charge is 0.417 e. The van der Waals surface area contributed by atoms with Crippen LogP contribution in [-0.2, 0) is 24.0 Å². The molecule has 6 heterocycles. The van der Waals surface area contributed by atoms with Gasteiger partial charge in [-0.1, -0.05) is 24.3 Å². The SMILES string of the molecule is COc1ccc(CN(Cc2ccc(OC)cc2)c2cc(-c3nc4c5c(nc(N6C[C@@H](SC)[C@H]6CO)nc5c3F)N3C[C@H]5CC[C@@H]([C@H]3[C@H](C)O4)N5C(=O)OC(C)(C)C)c(C(F)(F)F)c(C)c2F)cc1. The molecule has 3 aromatic carbocycles. The molecule has 1 N–H and O–H groups in total. The van der Waals surface area contributed by atoms with E-state index >= 15 is 22.0 Å². The van der Waals surface area contributed by atoms with E-state index in [2.05, 4.69) is 4.98 Å². The molecular formula is C49H54F5N7O6S. The Labute approximate surface area is 395 Å². The summed E-state index contributed by atoms with van der Waals surface area (Å²) >= 11 is 1.55. The highest BCUT2D eigenvalue weighted by atomic mass is 32.2. The van der Waals surface area contributed by atoms with Crippen LogP contribution in [0.2, 0.25) is 0 Å². The van der Waals surface area contributed by atoms with Crippen molar-refractivity contribution in [1.29, 1.82) is 0 Å². The van der Waals surface area contributed by atoms with Crippen molar-refractivity contribution in [2.75, 3.05) is 54.9 Å². The van der Waals surface area contributed by atoms with Gasteiger partial charge in [0.05, 0.1) is 56.2 Å². The summed E-state index contributed by atoms with van der Waals surface area (Å²) < 4.78 is 105. The number of carbonyl (C=O) groups excluding carboxylic acids is 1. The summed E-state index contributed by atoms with van der Waals surface area (Å²) in [6.07, 6.45) is -3.27. The van der Waals surface area contributed by atoms with Crippen LogP contribution in [-0.4, -0.2) is 112 Å². The molecule has 9 rings (SSSR count). The molecule has 0 unspecified atom stereocenters. The van der Waals surface area contributed by atoms with Gasteiger partial charge in [-0.05, 0) is 101 Å². The van der Waals surface area contributed by atoms with E-state index in [0.717, 1.165) is 13.0 Å². The summed E-state index contributed by atoms with van der Waals surface area (Å²) in [5.41, 5.74) is -3.59. The average molecular weight is 964 g/mol. The first-order valence-electron chi connectivity index (χ1n) is 22.5. The number of piperazine rings is 1. The number of thioether (sulfide) groups is 1. The van der Waals surface area contributed by atoms with E-state index in [1.807, 2.05) is 11.2 Å². The van der Waals surface area contributed by atoms with Crippen LogP contribution < -0.4 is 28.9 Å². The predicted octanol–water partition coefficient (Wildman–Crippen LogP) is 9.17. The van der Waals surface area contributed by atoms with Gasteiger partial charge in [-0.25, -0.2) is 23.5 Å². The number of hydrogen-bond donors (Lipinski definition) is 1. The van der Waals surface area contributed by atoms with Crippen molar-refractivity contribution in [2.24, 2.45) is 0 Å². The van der Waals surface area contributed by atoms with Crippen molar-refractivity contribution < 1.29 is 50.8 Å². The van der Waals surface area contributed by atoms with Crippen LogP contribution in [0.1, 0.15) is 62.8 Å². The third-order valence-corrected chi connectivity index (χ3v) is 14.5. The Kier molecular flexibility index (Phi) is 12.5. The minimum Gasteiger partial charge on any atom is -0.497 e. The van der Waals surface area contributed by atoms with Crippen LogP contribution in [0.25, 0.3) is 22.2 Å². The summed E-state index contributed by atoms with van der Waals surface area (Å²) in [6, 6.07) is 13.2. The summed E-state index contributed by atoms with van der Waals surface area (Å²) in [5, 5.41) is 10.6. The number of rotatable bonds is 11. The molecule has 0 spiro atoms. The molecule has 2 aromatic heterocycles. The molecule has 0 radical (unpaired) electrons. The van der Waals surface area contributed by atoms with E-state index in [0.29, 0.717) is 42.0 Å². The van der Waals surface area contributed by atoms with E-state index in [4.69, 9.17) is 28.9 Å². The molecule has 13 nitrogen and oxygen atoms in total. The third kappa shape index (κ3) is 8.42. The fourth-order valence-corrected chi connectivity index (χ4v) is 11.1. The Balaban J connectivity index is 1.24. The number of benzene rings is 3. The van der Waals surface area contributed by atoms with Gasteiger partial charge in [0, 0.05) is 37.0 Å². The molecule has 2 bridgehead atoms. The Bertz CT molecular complexity index is 2680. The largest absolute Gasteiger partial charge is 0.497 e. The number of halogens is 5. The second kappa shape index (κ2) is 17.9. The van der Waals surface area contributed by atoms with Gasteiger partial charge >= 0.3 is 12.3 Å². The maximum atomic E-state index is 18.0. The highest BCUT2D eigenvalue weighted by molar-refractivity contribution is 7.99. The van der Waals surface area contributed by atoms with Gasteiger partial charge in [0.25, 0.3) is 0 Å². The third-order valence-electron chi connectivity index (χ3n) is 13.5. The number of hydrogen-bond acceptors (Lipinski definition) is 13. The minimum atomic E-state index is -5.17. The Morgan fingerprint density at radius 3 is 2.10 bits per heavy atom. The molecule has 3 fully saturated rings. The number of aliphatic hydroxyl groups is 1. The zero-order valence-electron chi connectivity index (χ0n) is 39.0. The van der Waals surface area contributed by atoms with E-state index in [-0.39, 0.29) is 71.8 Å². The predicted molar refractivity (Wildman–Crippen MR) is 250 cm³/mol. The Morgan fingerprint density at radius 1 is 0.912 bits per heavy atom. The van der Waals surface area contributed by atoms with Crippen molar-refractivity contribution in [2.45, 2.75) is 108 Å². The lowest BCUT2D eigenvalue weighted by Crippen LogP contribution is -2.65. The van der Waals surface area contributed by atoms with Crippen LogP contribution in [0.4, 0.5) is 44.2 Å². The first-order chi connectivity index (χ1) is 32.3. The topological polar surface area (TPSA) is 126 Å². The van der Waals surface area contributed by atoms with E-state index < -0.39 is 76.1 Å². The van der Waals surface area contributed by atoms with Crippen LogP contribution in [0.3, 0.4) is 0 Å². The van der Waals surface area contributed by atoms with Crippen LogP contribution in [0, 0.1) is 18.6 Å². The van der Waals surface area contributed by atoms with Gasteiger partial charge in [0.1, 0.15) is 51.4 Å². The highest BCUT2D eigenvalue weighted by Crippen LogP contribution is 2.50. The summed E-state index contributed by atoms with van der Waals surface area (Å²) in [7, 11) is 3.04. The van der Waals surface area contributed by atoms with Crippen molar-refractivity contribution in [3.8, 4) is 28.6 Å². The normalized spacial score (nSPS) is 22.1. The second-order valence-electron chi connectivity index (χ2n) is 18.8. The lowest BCUT2D eigenvalue weighted by molar-refractivity contribution is -0.137. The molecule has 5 aromatic rings. The van der Waals surface area contributed by atoms with Gasteiger partial charge in [0.15, 0.2) is 5.82 Å². The van der Waals surface area contributed by atoms with Gasteiger partial charge in [-0.3, -0.25) is 4.90 Å². The number of anilines is 3. The fourth-order valence-electron chi connectivity index (χ4n) is 10.2. The Hall–Kier alpha value is -5.82. The van der Waals surface area contributed by atoms with Crippen LogP contribution in [0.5, 0.6) is 17.4 Å². The zero-order chi connectivity index (χ0) is 48.6.